The van der Waals surface area contributed by atoms with Crippen molar-refractivity contribution in [3.8, 4) is 0 Å². The molecular formula is C13H19N3O2S. The Morgan fingerprint density at radius 1 is 1.63 bits per heavy atom. The summed E-state index contributed by atoms with van der Waals surface area (Å²) in [5, 5.41) is 13.7. The quantitative estimate of drug-likeness (QED) is 0.586. The van der Waals surface area contributed by atoms with E-state index in [-0.39, 0.29) is 12.0 Å². The van der Waals surface area contributed by atoms with Gasteiger partial charge in [0.1, 0.15) is 11.9 Å². The molecular weight excluding hydrogens is 262 g/mol. The lowest BCUT2D eigenvalue weighted by Crippen LogP contribution is -2.58. The van der Waals surface area contributed by atoms with Gasteiger partial charge in [-0.3, -0.25) is 10.1 Å². The molecule has 1 unspecified atom stereocenters. The summed E-state index contributed by atoms with van der Waals surface area (Å²) in [5.41, 5.74) is -0.843. The molecule has 1 saturated carbocycles. The number of nitrogens with one attached hydrogen (secondary N) is 1. The van der Waals surface area contributed by atoms with Crippen LogP contribution in [0.3, 0.4) is 0 Å². The van der Waals surface area contributed by atoms with Crippen LogP contribution in [-0.2, 0) is 4.79 Å². The lowest BCUT2D eigenvalue weighted by atomic mass is 9.94. The van der Waals surface area contributed by atoms with Crippen LogP contribution in [0.1, 0.15) is 26.7 Å². The van der Waals surface area contributed by atoms with Crippen molar-refractivity contribution in [1.29, 1.82) is 0 Å². The van der Waals surface area contributed by atoms with Crippen molar-refractivity contribution >= 4 is 17.7 Å². The minimum absolute atomic E-state index is 0.141. The number of hydrogen-bond donors (Lipinski definition) is 2. The van der Waals surface area contributed by atoms with Gasteiger partial charge in [-0.1, -0.05) is 0 Å². The Balaban J connectivity index is 2.11. The molecule has 6 heteroatoms. The van der Waals surface area contributed by atoms with Crippen molar-refractivity contribution in [2.75, 3.05) is 5.75 Å². The largest absolute Gasteiger partial charge is 0.480 e. The van der Waals surface area contributed by atoms with Gasteiger partial charge in [0.25, 0.3) is 0 Å². The fraction of sp³-hybridized carbons (Fsp3) is 0.615. The predicted octanol–water partition coefficient (Wildman–Crippen LogP) is 1.80. The molecule has 1 aromatic heterocycles. The maximum Gasteiger partial charge on any atom is 0.325 e. The Kier molecular flexibility index (Phi) is 4.42. The molecule has 1 atom stereocenters. The van der Waals surface area contributed by atoms with E-state index in [9.17, 15) is 9.90 Å². The highest BCUT2D eigenvalue weighted by Crippen LogP contribution is 2.42. The van der Waals surface area contributed by atoms with E-state index in [2.05, 4.69) is 15.3 Å². The molecule has 0 radical (unpaired) electrons. The Morgan fingerprint density at radius 3 is 2.84 bits per heavy atom. The summed E-state index contributed by atoms with van der Waals surface area (Å²) in [4.78, 5) is 19.7. The molecule has 5 nitrogen and oxygen atoms in total. The van der Waals surface area contributed by atoms with E-state index in [0.717, 1.165) is 17.9 Å². The Labute approximate surface area is 117 Å². The number of carboxylic acids is 1. The number of thioether (sulfide) groups is 1. The van der Waals surface area contributed by atoms with Gasteiger partial charge in [0.2, 0.25) is 0 Å². The van der Waals surface area contributed by atoms with Crippen molar-refractivity contribution in [1.82, 2.24) is 15.3 Å². The van der Waals surface area contributed by atoms with Gasteiger partial charge in [-0.15, -0.1) is 11.8 Å². The third-order valence-corrected chi connectivity index (χ3v) is 4.34. The summed E-state index contributed by atoms with van der Waals surface area (Å²) < 4.78 is 0. The van der Waals surface area contributed by atoms with Gasteiger partial charge in [0, 0.05) is 18.0 Å². The molecule has 0 bridgehead atoms. The molecule has 104 valence electrons. The van der Waals surface area contributed by atoms with E-state index in [1.54, 1.807) is 12.3 Å². The third-order valence-electron chi connectivity index (χ3n) is 3.20. The molecule has 1 aliphatic rings. The highest BCUT2D eigenvalue weighted by Gasteiger charge is 2.51. The summed E-state index contributed by atoms with van der Waals surface area (Å²) in [5.74, 6) is -0.0469. The Bertz CT molecular complexity index is 437. The first-order valence-corrected chi connectivity index (χ1v) is 7.43. The molecule has 19 heavy (non-hydrogen) atoms. The topological polar surface area (TPSA) is 75.1 Å². The first-order valence-electron chi connectivity index (χ1n) is 6.44. The van der Waals surface area contributed by atoms with Gasteiger partial charge in [0.15, 0.2) is 0 Å². The number of carboxylic acid groups (broad SMARTS) is 1. The number of rotatable bonds is 7. The predicted molar refractivity (Wildman–Crippen MR) is 74.1 cm³/mol. The van der Waals surface area contributed by atoms with Crippen LogP contribution in [0.2, 0.25) is 0 Å². The van der Waals surface area contributed by atoms with Crippen molar-refractivity contribution < 1.29 is 9.90 Å². The molecule has 2 rings (SSSR count). The van der Waals surface area contributed by atoms with Crippen molar-refractivity contribution in [3.63, 3.8) is 0 Å². The molecule has 1 fully saturated rings. The summed E-state index contributed by atoms with van der Waals surface area (Å²) in [6.07, 6.45) is 5.12. The maximum absolute atomic E-state index is 11.8. The van der Waals surface area contributed by atoms with Gasteiger partial charge in [-0.2, -0.15) is 0 Å². The van der Waals surface area contributed by atoms with Crippen LogP contribution >= 0.6 is 11.8 Å². The number of aromatic nitrogens is 2. The molecule has 0 saturated heterocycles. The number of nitrogens with zero attached hydrogens (tertiary/aromatic N) is 2. The molecule has 0 aliphatic heterocycles. The molecule has 1 aliphatic carbocycles. The standard InChI is InChI=1S/C13H19N3O2S/c1-9(2)16-13(12(17)18,10-3-4-10)7-19-11-5-6-14-8-15-11/h5-6,8-10,16H,3-4,7H2,1-2H3,(H,17,18). The van der Waals surface area contributed by atoms with E-state index in [4.69, 9.17) is 0 Å². The Morgan fingerprint density at radius 2 is 2.37 bits per heavy atom. The molecule has 2 N–H and O–H groups in total. The second kappa shape index (κ2) is 5.88. The third kappa shape index (κ3) is 3.45. The smallest absolute Gasteiger partial charge is 0.325 e. The van der Waals surface area contributed by atoms with Crippen molar-refractivity contribution in [2.45, 2.75) is 43.3 Å². The lowest BCUT2D eigenvalue weighted by molar-refractivity contribution is -0.145. The van der Waals surface area contributed by atoms with Crippen molar-refractivity contribution in [3.05, 3.63) is 18.6 Å². The summed E-state index contributed by atoms with van der Waals surface area (Å²) in [6.45, 7) is 3.96. The average molecular weight is 281 g/mol. The molecule has 1 aromatic rings. The number of hydrogen-bond acceptors (Lipinski definition) is 5. The van der Waals surface area contributed by atoms with E-state index < -0.39 is 11.5 Å². The zero-order valence-electron chi connectivity index (χ0n) is 11.2. The molecule has 0 aromatic carbocycles. The Hall–Kier alpha value is -1.14. The van der Waals surface area contributed by atoms with Gasteiger partial charge < -0.3 is 5.11 Å². The van der Waals surface area contributed by atoms with E-state index >= 15 is 0 Å². The molecule has 0 spiro atoms. The number of carbonyl (C=O) groups is 1. The average Bonchev–Trinajstić information content (AvgIpc) is 3.19. The summed E-state index contributed by atoms with van der Waals surface area (Å²) in [6, 6.07) is 1.95. The first kappa shape index (κ1) is 14.3. The SMILES string of the molecule is CC(C)NC(CSc1ccncn1)(C(=O)O)C1CC1. The fourth-order valence-electron chi connectivity index (χ4n) is 2.22. The highest BCUT2D eigenvalue weighted by molar-refractivity contribution is 7.99. The first-order chi connectivity index (χ1) is 9.04. The van der Waals surface area contributed by atoms with Gasteiger partial charge >= 0.3 is 5.97 Å². The minimum Gasteiger partial charge on any atom is -0.480 e. The summed E-state index contributed by atoms with van der Waals surface area (Å²) >= 11 is 1.47. The van der Waals surface area contributed by atoms with Gasteiger partial charge in [-0.25, -0.2) is 9.97 Å². The van der Waals surface area contributed by atoms with E-state index in [1.165, 1.54) is 18.1 Å². The zero-order valence-corrected chi connectivity index (χ0v) is 12.0. The van der Waals surface area contributed by atoms with Crippen LogP contribution in [0.4, 0.5) is 0 Å². The van der Waals surface area contributed by atoms with E-state index in [1.807, 2.05) is 13.8 Å². The van der Waals surface area contributed by atoms with Crippen LogP contribution in [0, 0.1) is 5.92 Å². The summed E-state index contributed by atoms with van der Waals surface area (Å²) in [7, 11) is 0. The van der Waals surface area contributed by atoms with Crippen LogP contribution in [0.5, 0.6) is 0 Å². The zero-order chi connectivity index (χ0) is 13.9. The number of aliphatic carboxylic acids is 1. The molecule has 1 heterocycles. The van der Waals surface area contributed by atoms with Crippen LogP contribution in [0.15, 0.2) is 23.6 Å². The second-order valence-corrected chi connectivity index (χ2v) is 6.18. The van der Waals surface area contributed by atoms with Gasteiger partial charge in [0.05, 0.1) is 5.03 Å². The maximum atomic E-state index is 11.8. The van der Waals surface area contributed by atoms with Crippen molar-refractivity contribution in [2.24, 2.45) is 5.92 Å². The fourth-order valence-corrected chi connectivity index (χ4v) is 3.32. The highest BCUT2D eigenvalue weighted by atomic mass is 32.2. The van der Waals surface area contributed by atoms with Crippen LogP contribution < -0.4 is 5.32 Å². The van der Waals surface area contributed by atoms with Crippen LogP contribution in [-0.4, -0.2) is 38.4 Å². The monoisotopic (exact) mass is 281 g/mol. The van der Waals surface area contributed by atoms with E-state index in [0.29, 0.717) is 5.75 Å². The van der Waals surface area contributed by atoms with Crippen LogP contribution in [0.25, 0.3) is 0 Å². The van der Waals surface area contributed by atoms with Gasteiger partial charge in [-0.05, 0) is 38.7 Å². The second-order valence-electron chi connectivity index (χ2n) is 5.19. The minimum atomic E-state index is -0.843. The lowest BCUT2D eigenvalue weighted by Gasteiger charge is -2.32. The molecule has 0 amide bonds. The normalized spacial score (nSPS) is 18.3.